The van der Waals surface area contributed by atoms with E-state index in [1.165, 1.54) is 12.8 Å². The lowest BCUT2D eigenvalue weighted by Crippen LogP contribution is -2.45. The van der Waals surface area contributed by atoms with Crippen molar-refractivity contribution in [3.05, 3.63) is 63.1 Å². The van der Waals surface area contributed by atoms with Gasteiger partial charge in [-0.25, -0.2) is 0 Å². The molecule has 1 unspecified atom stereocenters. The highest BCUT2D eigenvalue weighted by molar-refractivity contribution is 8.93. The number of halogens is 3. The fraction of sp³-hybridized carbons (Fsp3) is 0.409. The monoisotopic (exact) mass is 498 g/mol. The number of phenolic OH excluding ortho intramolecular Hbond substituents is 1. The van der Waals surface area contributed by atoms with Crippen LogP contribution >= 0.6 is 40.2 Å². The van der Waals surface area contributed by atoms with E-state index in [0.717, 1.165) is 42.7 Å². The van der Waals surface area contributed by atoms with Crippen molar-refractivity contribution < 1.29 is 9.90 Å². The summed E-state index contributed by atoms with van der Waals surface area (Å²) in [7, 11) is 0. The Labute approximate surface area is 192 Å². The Hall–Kier alpha value is -1.27. The van der Waals surface area contributed by atoms with Gasteiger partial charge >= 0.3 is 0 Å². The van der Waals surface area contributed by atoms with Crippen LogP contribution in [-0.4, -0.2) is 47.0 Å². The molecule has 0 radical (unpaired) electrons. The average molecular weight is 500 g/mol. The first-order valence-electron chi connectivity index (χ1n) is 9.79. The summed E-state index contributed by atoms with van der Waals surface area (Å²) in [5.41, 5.74) is 3.16. The van der Waals surface area contributed by atoms with Gasteiger partial charge < -0.3 is 14.9 Å². The molecule has 0 spiro atoms. The summed E-state index contributed by atoms with van der Waals surface area (Å²) in [6, 6.07) is 10.9. The molecule has 2 aromatic carbocycles. The molecule has 4 nitrogen and oxygen atoms in total. The molecule has 0 aromatic heterocycles. The van der Waals surface area contributed by atoms with E-state index >= 15 is 0 Å². The summed E-state index contributed by atoms with van der Waals surface area (Å²) < 4.78 is 0. The number of rotatable bonds is 4. The summed E-state index contributed by atoms with van der Waals surface area (Å²) in [5, 5.41) is 10.8. The van der Waals surface area contributed by atoms with Crippen molar-refractivity contribution in [1.29, 1.82) is 0 Å². The van der Waals surface area contributed by atoms with Gasteiger partial charge in [-0.1, -0.05) is 35.3 Å². The molecule has 2 heterocycles. The molecule has 2 aliphatic rings. The van der Waals surface area contributed by atoms with E-state index in [2.05, 4.69) is 4.90 Å². The molecule has 0 aliphatic carbocycles. The number of fused-ring (bicyclic) bond motifs is 1. The van der Waals surface area contributed by atoms with Crippen molar-refractivity contribution in [2.45, 2.75) is 31.7 Å². The molecule has 1 saturated heterocycles. The highest BCUT2D eigenvalue weighted by atomic mass is 79.9. The molecular weight excluding hydrogens is 475 g/mol. The molecule has 1 N–H and O–H groups in total. The minimum absolute atomic E-state index is 0. The predicted molar refractivity (Wildman–Crippen MR) is 122 cm³/mol. The van der Waals surface area contributed by atoms with Gasteiger partial charge in [-0.2, -0.15) is 0 Å². The third kappa shape index (κ3) is 5.08. The number of benzene rings is 2. The summed E-state index contributed by atoms with van der Waals surface area (Å²) in [6.45, 7) is 3.66. The van der Waals surface area contributed by atoms with Crippen molar-refractivity contribution in [1.82, 2.24) is 9.80 Å². The number of aromatic hydroxyl groups is 1. The maximum Gasteiger partial charge on any atom is 0.227 e. The van der Waals surface area contributed by atoms with Crippen LogP contribution in [-0.2, 0) is 17.6 Å². The molecule has 2 aliphatic heterocycles. The summed E-state index contributed by atoms with van der Waals surface area (Å²) in [5.74, 6) is 0.385. The first kappa shape index (κ1) is 22.4. The number of carbonyl (C=O) groups excluding carboxylic acids is 1. The number of phenols is 1. The quantitative estimate of drug-likeness (QED) is 0.640. The van der Waals surface area contributed by atoms with E-state index < -0.39 is 0 Å². The lowest BCUT2D eigenvalue weighted by Gasteiger charge is -2.39. The molecule has 0 bridgehead atoms. The van der Waals surface area contributed by atoms with Gasteiger partial charge in [0.15, 0.2) is 0 Å². The predicted octanol–water partition coefficient (Wildman–Crippen LogP) is 5.04. The lowest BCUT2D eigenvalue weighted by atomic mass is 9.91. The van der Waals surface area contributed by atoms with Crippen LogP contribution in [0.25, 0.3) is 0 Å². The Morgan fingerprint density at radius 3 is 2.52 bits per heavy atom. The van der Waals surface area contributed by atoms with Crippen LogP contribution in [0.4, 0.5) is 0 Å². The van der Waals surface area contributed by atoms with Crippen LogP contribution in [0.2, 0.25) is 10.0 Å². The third-order valence-electron chi connectivity index (χ3n) is 5.77. The molecule has 156 valence electrons. The second-order valence-corrected chi connectivity index (χ2v) is 8.48. The molecule has 1 amide bonds. The smallest absolute Gasteiger partial charge is 0.227 e. The zero-order valence-electron chi connectivity index (χ0n) is 16.1. The Morgan fingerprint density at radius 1 is 1.03 bits per heavy atom. The van der Waals surface area contributed by atoms with Gasteiger partial charge in [0.25, 0.3) is 0 Å². The number of hydrogen-bond acceptors (Lipinski definition) is 3. The van der Waals surface area contributed by atoms with Gasteiger partial charge in [-0.3, -0.25) is 4.79 Å². The molecule has 1 atom stereocenters. The number of amides is 1. The first-order chi connectivity index (χ1) is 13.5. The van der Waals surface area contributed by atoms with Gasteiger partial charge in [-0.05, 0) is 73.3 Å². The standard InChI is InChI=1S/C22H24Cl2N2O2.BrH/c23-19-6-3-15(11-20(19)24)12-22(28)26-10-7-16-13-17(27)4-5-18(16)21(26)14-25-8-1-2-9-25;/h3-6,11,13,21,27H,1-2,7-10,12,14H2;1H. The highest BCUT2D eigenvalue weighted by Crippen LogP contribution is 2.34. The zero-order valence-corrected chi connectivity index (χ0v) is 19.3. The van der Waals surface area contributed by atoms with Crippen molar-refractivity contribution in [2.75, 3.05) is 26.2 Å². The van der Waals surface area contributed by atoms with Crippen LogP contribution in [0, 0.1) is 0 Å². The Balaban J connectivity index is 0.00000240. The van der Waals surface area contributed by atoms with Gasteiger partial charge in [0.05, 0.1) is 22.5 Å². The van der Waals surface area contributed by atoms with Crippen molar-refractivity contribution in [3.63, 3.8) is 0 Å². The fourth-order valence-corrected chi connectivity index (χ4v) is 4.65. The van der Waals surface area contributed by atoms with E-state index in [4.69, 9.17) is 23.2 Å². The van der Waals surface area contributed by atoms with Crippen LogP contribution in [0.1, 0.15) is 35.6 Å². The number of hydrogen-bond donors (Lipinski definition) is 1. The van der Waals surface area contributed by atoms with Gasteiger partial charge in [0.2, 0.25) is 5.91 Å². The van der Waals surface area contributed by atoms with Gasteiger partial charge in [-0.15, -0.1) is 17.0 Å². The molecule has 0 saturated carbocycles. The van der Waals surface area contributed by atoms with E-state index in [-0.39, 0.29) is 34.7 Å². The number of likely N-dealkylation sites (tertiary alicyclic amines) is 1. The number of nitrogens with zero attached hydrogens (tertiary/aromatic N) is 2. The third-order valence-corrected chi connectivity index (χ3v) is 6.51. The Morgan fingerprint density at radius 2 is 1.79 bits per heavy atom. The summed E-state index contributed by atoms with van der Waals surface area (Å²) >= 11 is 12.1. The van der Waals surface area contributed by atoms with Gasteiger partial charge in [0.1, 0.15) is 5.75 Å². The SMILES string of the molecule is Br.O=C(Cc1ccc(Cl)c(Cl)c1)N1CCc2cc(O)ccc2C1CN1CCCC1. The highest BCUT2D eigenvalue weighted by Gasteiger charge is 2.32. The van der Waals surface area contributed by atoms with Gasteiger partial charge in [0, 0.05) is 13.1 Å². The van der Waals surface area contributed by atoms with E-state index in [0.29, 0.717) is 23.0 Å². The second-order valence-electron chi connectivity index (χ2n) is 7.67. The van der Waals surface area contributed by atoms with E-state index in [1.54, 1.807) is 18.2 Å². The van der Waals surface area contributed by atoms with Crippen LogP contribution in [0.3, 0.4) is 0 Å². The molecule has 1 fully saturated rings. The Bertz CT molecular complexity index is 887. The topological polar surface area (TPSA) is 43.8 Å². The molecule has 7 heteroatoms. The van der Waals surface area contributed by atoms with Crippen molar-refractivity contribution in [2.24, 2.45) is 0 Å². The lowest BCUT2D eigenvalue weighted by molar-refractivity contribution is -0.133. The first-order valence-corrected chi connectivity index (χ1v) is 10.5. The molecular formula is C22H25BrCl2N2O2. The number of carbonyl (C=O) groups is 1. The molecule has 4 rings (SSSR count). The molecule has 29 heavy (non-hydrogen) atoms. The molecule has 2 aromatic rings. The maximum absolute atomic E-state index is 13.2. The second kappa shape index (κ2) is 9.69. The largest absolute Gasteiger partial charge is 0.508 e. The summed E-state index contributed by atoms with van der Waals surface area (Å²) in [6.07, 6.45) is 3.49. The van der Waals surface area contributed by atoms with E-state index in [1.807, 2.05) is 23.1 Å². The van der Waals surface area contributed by atoms with E-state index in [9.17, 15) is 9.90 Å². The minimum Gasteiger partial charge on any atom is -0.508 e. The van der Waals surface area contributed by atoms with Crippen LogP contribution in [0.5, 0.6) is 5.75 Å². The Kier molecular flexibility index (Phi) is 7.49. The van der Waals surface area contributed by atoms with Crippen molar-refractivity contribution in [3.8, 4) is 5.75 Å². The summed E-state index contributed by atoms with van der Waals surface area (Å²) in [4.78, 5) is 17.6. The van der Waals surface area contributed by atoms with Crippen molar-refractivity contribution >= 4 is 46.1 Å². The van der Waals surface area contributed by atoms with Crippen LogP contribution in [0.15, 0.2) is 36.4 Å². The minimum atomic E-state index is 0. The normalized spacial score (nSPS) is 19.0. The fourth-order valence-electron chi connectivity index (χ4n) is 4.33. The maximum atomic E-state index is 13.2. The van der Waals surface area contributed by atoms with Crippen LogP contribution < -0.4 is 0 Å². The zero-order chi connectivity index (χ0) is 19.7. The average Bonchev–Trinajstić information content (AvgIpc) is 3.18.